The summed E-state index contributed by atoms with van der Waals surface area (Å²) in [4.78, 5) is 0. The predicted molar refractivity (Wildman–Crippen MR) is 72.9 cm³/mol. The first-order valence-corrected chi connectivity index (χ1v) is 7.42. The third kappa shape index (κ3) is 2.77. The number of nitrogens with zero attached hydrogens (tertiary/aromatic N) is 3. The minimum absolute atomic E-state index is 0.0590. The third-order valence-electron chi connectivity index (χ3n) is 2.39. The van der Waals surface area contributed by atoms with Crippen molar-refractivity contribution in [3.63, 3.8) is 0 Å². The first kappa shape index (κ1) is 13.6. The van der Waals surface area contributed by atoms with E-state index in [-0.39, 0.29) is 5.03 Å². The monoisotopic (exact) mass is 340 g/mol. The molecule has 1 N–H and O–H groups in total. The molecule has 0 amide bonds. The number of aryl methyl sites for hydroxylation is 1. The number of aromatic nitrogens is 2. The molecule has 2 aromatic rings. The molecule has 0 aliphatic carbocycles. The van der Waals surface area contributed by atoms with E-state index in [0.717, 1.165) is 0 Å². The standard InChI is InChI=1S/C11H9BrN4O2S/c1-16-11(4-5-14-16)19(17,18)15-10-3-2-8(7-13)6-9(10)12/h2-6,15H,1H3. The highest BCUT2D eigenvalue weighted by molar-refractivity contribution is 9.10. The second-order valence-corrected chi connectivity index (χ2v) is 6.19. The van der Waals surface area contributed by atoms with Crippen molar-refractivity contribution >= 4 is 31.6 Å². The van der Waals surface area contributed by atoms with Gasteiger partial charge < -0.3 is 0 Å². The largest absolute Gasteiger partial charge is 0.279 e. The van der Waals surface area contributed by atoms with Crippen LogP contribution in [0.3, 0.4) is 0 Å². The molecule has 1 aromatic heterocycles. The first-order chi connectivity index (χ1) is 8.94. The van der Waals surface area contributed by atoms with E-state index in [0.29, 0.717) is 15.7 Å². The average molecular weight is 341 g/mol. The van der Waals surface area contributed by atoms with Crippen LogP contribution >= 0.6 is 15.9 Å². The fourth-order valence-electron chi connectivity index (χ4n) is 1.49. The van der Waals surface area contributed by atoms with E-state index in [1.165, 1.54) is 29.1 Å². The van der Waals surface area contributed by atoms with E-state index in [9.17, 15) is 8.42 Å². The van der Waals surface area contributed by atoms with Crippen molar-refractivity contribution < 1.29 is 8.42 Å². The Balaban J connectivity index is 2.37. The van der Waals surface area contributed by atoms with Gasteiger partial charge in [0, 0.05) is 11.5 Å². The summed E-state index contributed by atoms with van der Waals surface area (Å²) in [6.45, 7) is 0. The second-order valence-electron chi connectivity index (χ2n) is 3.70. The van der Waals surface area contributed by atoms with E-state index >= 15 is 0 Å². The molecule has 0 atom stereocenters. The van der Waals surface area contributed by atoms with Gasteiger partial charge in [-0.05, 0) is 40.2 Å². The van der Waals surface area contributed by atoms with Crippen molar-refractivity contribution in [3.05, 3.63) is 40.5 Å². The number of anilines is 1. The summed E-state index contributed by atoms with van der Waals surface area (Å²) < 4.78 is 28.5. The maximum absolute atomic E-state index is 12.1. The Morgan fingerprint density at radius 3 is 2.68 bits per heavy atom. The minimum Gasteiger partial charge on any atom is -0.277 e. The Labute approximate surface area is 118 Å². The van der Waals surface area contributed by atoms with E-state index in [1.54, 1.807) is 13.1 Å². The number of nitriles is 1. The van der Waals surface area contributed by atoms with Gasteiger partial charge in [0.15, 0.2) is 5.03 Å². The van der Waals surface area contributed by atoms with Crippen LogP contribution < -0.4 is 4.72 Å². The molecule has 0 aliphatic rings. The zero-order valence-corrected chi connectivity index (χ0v) is 12.2. The third-order valence-corrected chi connectivity index (χ3v) is 4.49. The molecule has 0 bridgehead atoms. The molecule has 0 saturated heterocycles. The maximum Gasteiger partial charge on any atom is 0.279 e. The Kier molecular flexibility index (Phi) is 3.59. The highest BCUT2D eigenvalue weighted by Gasteiger charge is 2.19. The van der Waals surface area contributed by atoms with Gasteiger partial charge in [0.25, 0.3) is 10.0 Å². The molecule has 2 rings (SSSR count). The van der Waals surface area contributed by atoms with Crippen LogP contribution in [0.2, 0.25) is 0 Å². The highest BCUT2D eigenvalue weighted by Crippen LogP contribution is 2.25. The number of rotatable bonds is 3. The van der Waals surface area contributed by atoms with Gasteiger partial charge >= 0.3 is 0 Å². The SMILES string of the molecule is Cn1nccc1S(=O)(=O)Nc1ccc(C#N)cc1Br. The van der Waals surface area contributed by atoms with Gasteiger partial charge in [0.05, 0.1) is 23.5 Å². The highest BCUT2D eigenvalue weighted by atomic mass is 79.9. The van der Waals surface area contributed by atoms with Crippen molar-refractivity contribution in [2.45, 2.75) is 5.03 Å². The van der Waals surface area contributed by atoms with Crippen LogP contribution in [0.25, 0.3) is 0 Å². The van der Waals surface area contributed by atoms with Gasteiger partial charge in [0.2, 0.25) is 0 Å². The summed E-state index contributed by atoms with van der Waals surface area (Å²) >= 11 is 3.22. The van der Waals surface area contributed by atoms with Crippen LogP contribution in [0.5, 0.6) is 0 Å². The van der Waals surface area contributed by atoms with Crippen LogP contribution in [0.15, 0.2) is 40.0 Å². The Morgan fingerprint density at radius 2 is 2.16 bits per heavy atom. The molecule has 0 spiro atoms. The fourth-order valence-corrected chi connectivity index (χ4v) is 3.31. The van der Waals surface area contributed by atoms with Crippen LogP contribution in [0.4, 0.5) is 5.69 Å². The van der Waals surface area contributed by atoms with Crippen molar-refractivity contribution in [2.24, 2.45) is 7.05 Å². The lowest BCUT2D eigenvalue weighted by atomic mass is 10.2. The molecule has 0 unspecified atom stereocenters. The van der Waals surface area contributed by atoms with E-state index < -0.39 is 10.0 Å². The lowest BCUT2D eigenvalue weighted by Gasteiger charge is -2.09. The van der Waals surface area contributed by atoms with Crippen LogP contribution in [0.1, 0.15) is 5.56 Å². The molecule has 19 heavy (non-hydrogen) atoms. The number of benzene rings is 1. The molecule has 6 nitrogen and oxygen atoms in total. The molecular weight excluding hydrogens is 332 g/mol. The summed E-state index contributed by atoms with van der Waals surface area (Å²) in [5.74, 6) is 0. The van der Waals surface area contributed by atoms with Crippen molar-refractivity contribution in [2.75, 3.05) is 4.72 Å². The topological polar surface area (TPSA) is 87.8 Å². The lowest BCUT2D eigenvalue weighted by molar-refractivity contribution is 0.582. The molecular formula is C11H9BrN4O2S. The van der Waals surface area contributed by atoms with Gasteiger partial charge in [-0.25, -0.2) is 0 Å². The number of hydrogen-bond donors (Lipinski definition) is 1. The van der Waals surface area contributed by atoms with Gasteiger partial charge in [-0.1, -0.05) is 0 Å². The number of halogens is 1. The molecule has 98 valence electrons. The molecule has 1 aromatic carbocycles. The van der Waals surface area contributed by atoms with Crippen molar-refractivity contribution in [3.8, 4) is 6.07 Å². The summed E-state index contributed by atoms with van der Waals surface area (Å²) in [5.41, 5.74) is 0.801. The summed E-state index contributed by atoms with van der Waals surface area (Å²) in [6, 6.07) is 7.98. The van der Waals surface area contributed by atoms with Gasteiger partial charge in [0.1, 0.15) is 0 Å². The second kappa shape index (κ2) is 5.03. The summed E-state index contributed by atoms with van der Waals surface area (Å²) in [5, 5.41) is 12.6. The number of hydrogen-bond acceptors (Lipinski definition) is 4. The smallest absolute Gasteiger partial charge is 0.277 e. The normalized spacial score (nSPS) is 11.0. The Hall–Kier alpha value is -1.85. The van der Waals surface area contributed by atoms with Crippen LogP contribution in [0, 0.1) is 11.3 Å². The van der Waals surface area contributed by atoms with E-state index in [4.69, 9.17) is 5.26 Å². The minimum atomic E-state index is -3.71. The van der Waals surface area contributed by atoms with Crippen LogP contribution in [-0.4, -0.2) is 18.2 Å². The van der Waals surface area contributed by atoms with E-state index in [2.05, 4.69) is 25.8 Å². The fraction of sp³-hybridized carbons (Fsp3) is 0.0909. The quantitative estimate of drug-likeness (QED) is 0.923. The van der Waals surface area contributed by atoms with Gasteiger partial charge in [-0.15, -0.1) is 0 Å². The van der Waals surface area contributed by atoms with Gasteiger partial charge in [-0.3, -0.25) is 9.40 Å². The molecule has 8 heteroatoms. The Bertz CT molecular complexity index is 761. The average Bonchev–Trinajstić information content (AvgIpc) is 2.79. The Morgan fingerprint density at radius 1 is 1.42 bits per heavy atom. The van der Waals surface area contributed by atoms with Crippen molar-refractivity contribution in [1.82, 2.24) is 9.78 Å². The van der Waals surface area contributed by atoms with Crippen molar-refractivity contribution in [1.29, 1.82) is 5.26 Å². The van der Waals surface area contributed by atoms with Gasteiger partial charge in [-0.2, -0.15) is 18.8 Å². The lowest BCUT2D eigenvalue weighted by Crippen LogP contribution is -2.16. The zero-order chi connectivity index (χ0) is 14.0. The molecule has 0 saturated carbocycles. The summed E-state index contributed by atoms with van der Waals surface area (Å²) in [7, 11) is -2.16. The predicted octanol–water partition coefficient (Wildman–Crippen LogP) is 1.86. The van der Waals surface area contributed by atoms with Crippen LogP contribution in [-0.2, 0) is 17.1 Å². The molecule has 0 aliphatic heterocycles. The molecule has 0 radical (unpaired) electrons. The summed E-state index contributed by atoms with van der Waals surface area (Å²) in [6.07, 6.45) is 1.41. The zero-order valence-electron chi connectivity index (χ0n) is 9.83. The maximum atomic E-state index is 12.1. The molecule has 1 heterocycles. The number of nitrogens with one attached hydrogen (secondary N) is 1. The molecule has 0 fully saturated rings. The van der Waals surface area contributed by atoms with E-state index in [1.807, 2.05) is 6.07 Å². The first-order valence-electron chi connectivity index (χ1n) is 5.14. The number of sulfonamides is 1.